The number of rotatable bonds is 7. The van der Waals surface area contributed by atoms with Crippen molar-refractivity contribution in [2.24, 2.45) is 5.92 Å². The van der Waals surface area contributed by atoms with Crippen molar-refractivity contribution in [1.29, 1.82) is 0 Å². The number of hydrogen-bond donors (Lipinski definition) is 2. The topological polar surface area (TPSA) is 78.5 Å². The molecule has 6 nitrogen and oxygen atoms in total. The number of hydrogen-bond acceptors (Lipinski definition) is 3. The number of carbonyl (C=O) groups excluding carboxylic acids is 3. The fourth-order valence-electron chi connectivity index (χ4n) is 4.08. The fraction of sp³-hybridized carbons (Fsp3) is 0.444. The van der Waals surface area contributed by atoms with E-state index in [4.69, 9.17) is 0 Å². The highest BCUT2D eigenvalue weighted by molar-refractivity contribution is 6.35. The molecule has 2 aromatic carbocycles. The first-order valence-electron chi connectivity index (χ1n) is 11.8. The molecule has 1 aliphatic rings. The van der Waals surface area contributed by atoms with Gasteiger partial charge >= 0.3 is 11.8 Å². The molecular weight excluding hydrogens is 433 g/mol. The van der Waals surface area contributed by atoms with Crippen molar-refractivity contribution in [2.75, 3.05) is 13.1 Å². The van der Waals surface area contributed by atoms with E-state index in [1.54, 1.807) is 0 Å². The number of alkyl halides is 1. The first-order valence-corrected chi connectivity index (χ1v) is 11.8. The van der Waals surface area contributed by atoms with Gasteiger partial charge in [0.05, 0.1) is 12.6 Å². The van der Waals surface area contributed by atoms with Crippen molar-refractivity contribution < 1.29 is 18.8 Å². The summed E-state index contributed by atoms with van der Waals surface area (Å²) in [6, 6.07) is 16.0. The lowest BCUT2D eigenvalue weighted by Crippen LogP contribution is -2.51. The summed E-state index contributed by atoms with van der Waals surface area (Å²) in [6.45, 7) is 8.10. The Labute approximate surface area is 200 Å². The van der Waals surface area contributed by atoms with Gasteiger partial charge in [-0.25, -0.2) is 4.39 Å². The molecule has 0 spiro atoms. The number of nitrogens with one attached hydrogen (secondary N) is 2. The number of likely N-dealkylation sites (tertiary alicyclic amines) is 1. The predicted molar refractivity (Wildman–Crippen MR) is 130 cm³/mol. The maximum absolute atomic E-state index is 14.3. The van der Waals surface area contributed by atoms with E-state index in [1.165, 1.54) is 5.56 Å². The van der Waals surface area contributed by atoms with E-state index in [9.17, 15) is 18.8 Å². The third-order valence-corrected chi connectivity index (χ3v) is 6.03. The minimum Gasteiger partial charge on any atom is -0.348 e. The van der Waals surface area contributed by atoms with E-state index in [1.807, 2.05) is 68.4 Å². The molecule has 1 aliphatic heterocycles. The number of benzene rings is 2. The van der Waals surface area contributed by atoms with E-state index in [2.05, 4.69) is 24.5 Å². The summed E-state index contributed by atoms with van der Waals surface area (Å²) in [6.07, 6.45) is -1.50. The number of halogens is 1. The predicted octanol–water partition coefficient (Wildman–Crippen LogP) is 3.73. The third-order valence-electron chi connectivity index (χ3n) is 6.03. The molecule has 0 aromatic heterocycles. The summed E-state index contributed by atoms with van der Waals surface area (Å²) < 4.78 is 14.3. The smallest absolute Gasteiger partial charge is 0.312 e. The zero-order valence-electron chi connectivity index (χ0n) is 20.3. The average molecular weight is 468 g/mol. The number of nitrogens with zero attached hydrogens (tertiary/aromatic N) is 1. The third kappa shape index (κ3) is 6.22. The lowest BCUT2D eigenvalue weighted by Gasteiger charge is -2.27. The lowest BCUT2D eigenvalue weighted by molar-refractivity contribution is -0.148. The first-order chi connectivity index (χ1) is 16.2. The molecular formula is C27H34FN3O3. The monoisotopic (exact) mass is 467 g/mol. The van der Waals surface area contributed by atoms with Gasteiger partial charge in [0.15, 0.2) is 0 Å². The second-order valence-electron chi connectivity index (χ2n) is 9.58. The molecule has 0 aliphatic carbocycles. The van der Waals surface area contributed by atoms with E-state index in [-0.39, 0.29) is 18.9 Å². The highest BCUT2D eigenvalue weighted by Crippen LogP contribution is 2.27. The molecule has 3 rings (SSSR count). The molecule has 7 heteroatoms. The van der Waals surface area contributed by atoms with Crippen LogP contribution in [-0.4, -0.2) is 47.9 Å². The van der Waals surface area contributed by atoms with Crippen molar-refractivity contribution in [3.05, 3.63) is 71.3 Å². The molecule has 0 saturated carbocycles. The normalized spacial score (nSPS) is 18.7. The summed E-state index contributed by atoms with van der Waals surface area (Å²) >= 11 is 0. The summed E-state index contributed by atoms with van der Waals surface area (Å²) in [5.74, 6) is -1.63. The van der Waals surface area contributed by atoms with Crippen LogP contribution in [0.2, 0.25) is 0 Å². The second-order valence-corrected chi connectivity index (χ2v) is 9.58. The van der Waals surface area contributed by atoms with Gasteiger partial charge in [0.25, 0.3) is 0 Å². The van der Waals surface area contributed by atoms with Crippen LogP contribution in [0.3, 0.4) is 0 Å². The van der Waals surface area contributed by atoms with E-state index < -0.39 is 36.0 Å². The molecule has 2 aromatic rings. The van der Waals surface area contributed by atoms with Gasteiger partial charge in [0, 0.05) is 13.0 Å². The van der Waals surface area contributed by atoms with Crippen LogP contribution in [0.25, 0.3) is 0 Å². The fourth-order valence-corrected chi connectivity index (χ4v) is 4.08. The molecule has 182 valence electrons. The van der Waals surface area contributed by atoms with Crippen LogP contribution in [0.5, 0.6) is 0 Å². The standard InChI is InChI=1S/C27H34FN3O3/c1-17(2)15-29-26(33)27(34)31-16-22(28)14-23(31)25(32)30-24(20-8-6-5-7-9-20)21-12-10-19(11-13-21)18(3)4/h5-13,17-18,22-24H,14-16H2,1-4H3,(H,29,33)(H,30,32). The number of amides is 3. The van der Waals surface area contributed by atoms with Crippen molar-refractivity contribution >= 4 is 17.7 Å². The highest BCUT2D eigenvalue weighted by Gasteiger charge is 2.42. The average Bonchev–Trinajstić information content (AvgIpc) is 3.22. The van der Waals surface area contributed by atoms with Crippen molar-refractivity contribution in [1.82, 2.24) is 15.5 Å². The highest BCUT2D eigenvalue weighted by atomic mass is 19.1. The van der Waals surface area contributed by atoms with Gasteiger partial charge in [-0.15, -0.1) is 0 Å². The summed E-state index contributed by atoms with van der Waals surface area (Å²) in [7, 11) is 0. The largest absolute Gasteiger partial charge is 0.348 e. The van der Waals surface area contributed by atoms with E-state index in [0.29, 0.717) is 12.5 Å². The summed E-state index contributed by atoms with van der Waals surface area (Å²) in [4.78, 5) is 39.4. The van der Waals surface area contributed by atoms with Crippen LogP contribution in [0.15, 0.2) is 54.6 Å². The Morgan fingerprint density at radius 3 is 2.12 bits per heavy atom. The minimum atomic E-state index is -1.36. The molecule has 34 heavy (non-hydrogen) atoms. The van der Waals surface area contributed by atoms with Gasteiger partial charge < -0.3 is 15.5 Å². The molecule has 1 fully saturated rings. The Hall–Kier alpha value is -3.22. The van der Waals surface area contributed by atoms with Crippen molar-refractivity contribution in [2.45, 2.75) is 58.3 Å². The molecule has 2 N–H and O–H groups in total. The van der Waals surface area contributed by atoms with Crippen LogP contribution < -0.4 is 10.6 Å². The van der Waals surface area contributed by atoms with Crippen LogP contribution >= 0.6 is 0 Å². The molecule has 1 saturated heterocycles. The molecule has 0 radical (unpaired) electrons. The van der Waals surface area contributed by atoms with Crippen molar-refractivity contribution in [3.63, 3.8) is 0 Å². The van der Waals surface area contributed by atoms with Crippen LogP contribution in [0, 0.1) is 5.92 Å². The Morgan fingerprint density at radius 2 is 1.53 bits per heavy atom. The molecule has 3 amide bonds. The van der Waals surface area contributed by atoms with E-state index >= 15 is 0 Å². The van der Waals surface area contributed by atoms with Gasteiger partial charge in [-0.1, -0.05) is 82.3 Å². The second kappa shape index (κ2) is 11.3. The maximum Gasteiger partial charge on any atom is 0.312 e. The zero-order chi connectivity index (χ0) is 24.8. The van der Waals surface area contributed by atoms with Gasteiger partial charge in [-0.3, -0.25) is 14.4 Å². The minimum absolute atomic E-state index is 0.136. The van der Waals surface area contributed by atoms with E-state index in [0.717, 1.165) is 16.0 Å². The Kier molecular flexibility index (Phi) is 8.42. The van der Waals surface area contributed by atoms with Crippen LogP contribution in [-0.2, 0) is 14.4 Å². The summed E-state index contributed by atoms with van der Waals surface area (Å²) in [5.41, 5.74) is 2.93. The Balaban J connectivity index is 1.82. The SMILES string of the molecule is CC(C)CNC(=O)C(=O)N1CC(F)CC1C(=O)NC(c1ccccc1)c1ccc(C(C)C)cc1. The Bertz CT molecular complexity index is 992. The van der Waals surface area contributed by atoms with Crippen LogP contribution in [0.1, 0.15) is 62.8 Å². The van der Waals surface area contributed by atoms with Gasteiger partial charge in [-0.05, 0) is 28.5 Å². The number of carbonyl (C=O) groups is 3. The Morgan fingerprint density at radius 1 is 0.941 bits per heavy atom. The van der Waals surface area contributed by atoms with Crippen molar-refractivity contribution in [3.8, 4) is 0 Å². The van der Waals surface area contributed by atoms with Crippen LogP contribution in [0.4, 0.5) is 4.39 Å². The first kappa shape index (κ1) is 25.4. The molecule has 0 bridgehead atoms. The van der Waals surface area contributed by atoms with Gasteiger partial charge in [-0.2, -0.15) is 0 Å². The molecule has 3 unspecified atom stereocenters. The molecule has 3 atom stereocenters. The maximum atomic E-state index is 14.3. The molecule has 1 heterocycles. The lowest BCUT2D eigenvalue weighted by atomic mass is 9.95. The summed E-state index contributed by atoms with van der Waals surface area (Å²) in [5, 5.41) is 5.56. The van der Waals surface area contributed by atoms with Gasteiger partial charge in [0.2, 0.25) is 5.91 Å². The quantitative estimate of drug-likeness (QED) is 0.609. The van der Waals surface area contributed by atoms with Gasteiger partial charge in [0.1, 0.15) is 12.2 Å². The zero-order valence-corrected chi connectivity index (χ0v) is 20.3.